The predicted octanol–water partition coefficient (Wildman–Crippen LogP) is -1.55. The van der Waals surface area contributed by atoms with E-state index in [-0.39, 0.29) is 54.9 Å². The van der Waals surface area contributed by atoms with Gasteiger partial charge < -0.3 is 15.3 Å². The molecule has 138 valence electrons. The molecule has 0 spiro atoms. The summed E-state index contributed by atoms with van der Waals surface area (Å²) in [6, 6.07) is -2.22. The first-order valence-electron chi connectivity index (χ1n) is 7.49. The van der Waals surface area contributed by atoms with E-state index in [0.29, 0.717) is 21.1 Å². The van der Waals surface area contributed by atoms with Gasteiger partial charge in [-0.3, -0.25) is 9.35 Å². The molecule has 1 aromatic heterocycles. The number of aryl methyl sites for hydroxylation is 1. The molecule has 2 atom stereocenters. The molecule has 3 heterocycles. The number of aromatic hydroxyl groups is 1. The topological polar surface area (TPSA) is 153 Å². The van der Waals surface area contributed by atoms with Gasteiger partial charge in [0.15, 0.2) is 0 Å². The van der Waals surface area contributed by atoms with Crippen LogP contribution in [0.4, 0.5) is 4.79 Å². The number of carbonyl (C=O) groups excluding carboxylic acids is 2. The number of rotatable bonds is 3. The van der Waals surface area contributed by atoms with Crippen LogP contribution < -0.4 is 5.32 Å². The monoisotopic (exact) mass is 395 g/mol. The van der Waals surface area contributed by atoms with Gasteiger partial charge in [0, 0.05) is 12.1 Å². The number of fused-ring (bicyclic) bond motifs is 1. The number of urea groups is 1. The van der Waals surface area contributed by atoms with E-state index in [1.54, 1.807) is 13.8 Å². The summed E-state index contributed by atoms with van der Waals surface area (Å²) >= 11 is 0. The summed E-state index contributed by atoms with van der Waals surface area (Å²) in [6.07, 6.45) is 0.254. The number of hydrogen-bond donors (Lipinski definition) is 3. The first-order chi connectivity index (χ1) is 11.6. The molecule has 0 radical (unpaired) electrons. The molecule has 2 saturated heterocycles. The molecule has 2 aliphatic rings. The normalized spacial score (nSPS) is 21.7. The maximum absolute atomic E-state index is 12.3. The van der Waals surface area contributed by atoms with Crippen LogP contribution in [-0.2, 0) is 21.6 Å². The van der Waals surface area contributed by atoms with E-state index in [9.17, 15) is 23.1 Å². The van der Waals surface area contributed by atoms with Gasteiger partial charge in [-0.2, -0.15) is 13.5 Å². The van der Waals surface area contributed by atoms with Crippen molar-refractivity contribution in [1.82, 2.24) is 24.7 Å². The molecule has 2 fully saturated rings. The van der Waals surface area contributed by atoms with E-state index in [1.807, 2.05) is 0 Å². The molecule has 0 aliphatic carbocycles. The van der Waals surface area contributed by atoms with Gasteiger partial charge in [-0.1, -0.05) is 0 Å². The van der Waals surface area contributed by atoms with Crippen molar-refractivity contribution in [2.75, 3.05) is 6.54 Å². The SMILES string of the molecule is Cc1nnc(O)c(CNC(=O)N2CC[C@@H]3[C@H]2C(=O)N3S(=O)(=O)O)c1C.[NaH]. The van der Waals surface area contributed by atoms with E-state index in [2.05, 4.69) is 15.5 Å². The Morgan fingerprint density at radius 2 is 2.00 bits per heavy atom. The first-order valence-corrected chi connectivity index (χ1v) is 8.89. The van der Waals surface area contributed by atoms with Crippen molar-refractivity contribution < 1.29 is 27.7 Å². The molecular weight excluding hydrogens is 377 g/mol. The standard InChI is InChI=1S/C13H17N5O6S.Na.H/c1-6-7(2)15-16-11(19)8(6)5-14-13(21)17-4-3-9-10(17)12(20)18(9)25(22,23)24;;/h9-10H,3-5H2,1-2H3,(H,14,21)(H,16,19)(H,22,23,24);;/t9-,10+;;/m1../s1. The zero-order chi connectivity index (χ0) is 18.5. The number of nitrogens with one attached hydrogen (secondary N) is 1. The first kappa shape index (κ1) is 20.8. The molecule has 2 aliphatic heterocycles. The van der Waals surface area contributed by atoms with Gasteiger partial charge in [-0.25, -0.2) is 9.10 Å². The predicted molar refractivity (Wildman–Crippen MR) is 89.8 cm³/mol. The van der Waals surface area contributed by atoms with Gasteiger partial charge in [0.25, 0.3) is 5.91 Å². The summed E-state index contributed by atoms with van der Waals surface area (Å²) in [5.41, 5.74) is 1.71. The molecule has 13 heteroatoms. The van der Waals surface area contributed by atoms with Crippen molar-refractivity contribution in [1.29, 1.82) is 0 Å². The molecule has 0 aromatic carbocycles. The minimum absolute atomic E-state index is 0. The van der Waals surface area contributed by atoms with Gasteiger partial charge in [0.05, 0.1) is 18.3 Å². The van der Waals surface area contributed by atoms with Crippen LogP contribution in [0, 0.1) is 13.8 Å². The Hall–Kier alpha value is -1.47. The number of hydrogen-bond acceptors (Lipinski definition) is 7. The van der Waals surface area contributed by atoms with Crippen molar-refractivity contribution in [3.05, 3.63) is 16.8 Å². The third-order valence-electron chi connectivity index (χ3n) is 4.62. The number of amides is 3. The Morgan fingerprint density at radius 3 is 2.62 bits per heavy atom. The summed E-state index contributed by atoms with van der Waals surface area (Å²) in [4.78, 5) is 25.5. The molecule has 11 nitrogen and oxygen atoms in total. The number of carbonyl (C=O) groups is 2. The Morgan fingerprint density at radius 1 is 1.35 bits per heavy atom. The molecular formula is C13H18N5NaO6S. The van der Waals surface area contributed by atoms with Crippen LogP contribution in [0.25, 0.3) is 0 Å². The summed E-state index contributed by atoms with van der Waals surface area (Å²) in [7, 11) is -4.61. The second kappa shape index (κ2) is 7.27. The van der Waals surface area contributed by atoms with Crippen LogP contribution in [-0.4, -0.2) is 97.6 Å². The summed E-state index contributed by atoms with van der Waals surface area (Å²) in [6.45, 7) is 3.61. The van der Waals surface area contributed by atoms with Crippen LogP contribution in [0.5, 0.6) is 5.88 Å². The minimum atomic E-state index is -4.61. The van der Waals surface area contributed by atoms with Crippen LogP contribution in [0.1, 0.15) is 23.2 Å². The molecule has 0 saturated carbocycles. The summed E-state index contributed by atoms with van der Waals surface area (Å²) < 4.78 is 31.8. The van der Waals surface area contributed by atoms with Gasteiger partial charge in [-0.05, 0) is 25.8 Å². The van der Waals surface area contributed by atoms with E-state index < -0.39 is 34.3 Å². The van der Waals surface area contributed by atoms with Crippen LogP contribution >= 0.6 is 0 Å². The average molecular weight is 395 g/mol. The average Bonchev–Trinajstić information content (AvgIpc) is 2.88. The molecule has 0 unspecified atom stereocenters. The molecule has 0 bridgehead atoms. The quantitative estimate of drug-likeness (QED) is 0.316. The van der Waals surface area contributed by atoms with Crippen LogP contribution in [0.15, 0.2) is 0 Å². The molecule has 1 aromatic rings. The Balaban J connectivity index is 0.00000243. The van der Waals surface area contributed by atoms with Crippen molar-refractivity contribution >= 4 is 51.8 Å². The second-order valence-corrected chi connectivity index (χ2v) is 7.27. The van der Waals surface area contributed by atoms with Gasteiger partial charge in [-0.15, -0.1) is 5.10 Å². The Kier molecular flexibility index (Phi) is 5.83. The van der Waals surface area contributed by atoms with Crippen LogP contribution in [0.2, 0.25) is 0 Å². The van der Waals surface area contributed by atoms with Gasteiger partial charge >= 0.3 is 45.9 Å². The fraction of sp³-hybridized carbons (Fsp3) is 0.538. The molecule has 3 rings (SSSR count). The number of nitrogens with zero attached hydrogens (tertiary/aromatic N) is 4. The van der Waals surface area contributed by atoms with Gasteiger partial charge in [0.1, 0.15) is 6.04 Å². The van der Waals surface area contributed by atoms with Crippen molar-refractivity contribution in [3.8, 4) is 5.88 Å². The molecule has 26 heavy (non-hydrogen) atoms. The Labute approximate surface area is 171 Å². The third-order valence-corrected chi connectivity index (χ3v) is 5.57. The number of aromatic nitrogens is 2. The number of likely N-dealkylation sites (tertiary alicyclic amines) is 1. The fourth-order valence-corrected chi connectivity index (χ4v) is 4.06. The number of β-lactam (4-membered cyclic amide) rings is 1. The van der Waals surface area contributed by atoms with Gasteiger partial charge in [0.2, 0.25) is 5.88 Å². The zero-order valence-electron chi connectivity index (χ0n) is 13.5. The van der Waals surface area contributed by atoms with Crippen LogP contribution in [0.3, 0.4) is 0 Å². The van der Waals surface area contributed by atoms with E-state index in [0.717, 1.165) is 0 Å². The summed E-state index contributed by atoms with van der Waals surface area (Å²) in [5, 5.41) is 19.7. The molecule has 3 N–H and O–H groups in total. The van der Waals surface area contributed by atoms with Crippen molar-refractivity contribution in [3.63, 3.8) is 0 Å². The van der Waals surface area contributed by atoms with E-state index in [1.165, 1.54) is 4.90 Å². The third kappa shape index (κ3) is 3.39. The maximum atomic E-state index is 12.3. The molecule has 3 amide bonds. The van der Waals surface area contributed by atoms with E-state index in [4.69, 9.17) is 4.55 Å². The zero-order valence-corrected chi connectivity index (χ0v) is 14.3. The fourth-order valence-electron chi connectivity index (χ4n) is 3.16. The van der Waals surface area contributed by atoms with E-state index >= 15 is 0 Å². The van der Waals surface area contributed by atoms with Crippen molar-refractivity contribution in [2.45, 2.75) is 38.9 Å². The van der Waals surface area contributed by atoms with Crippen molar-refractivity contribution in [2.24, 2.45) is 0 Å². The second-order valence-electron chi connectivity index (χ2n) is 5.98. The summed E-state index contributed by atoms with van der Waals surface area (Å²) in [5.74, 6) is -1.12. The Bertz CT molecular complexity index is 863.